The molecular weight excluding hydrogens is 368 g/mol. The van der Waals surface area contributed by atoms with Crippen molar-refractivity contribution >= 4 is 17.2 Å². The first-order valence-electron chi connectivity index (χ1n) is 10.2. The molecule has 152 valence electrons. The summed E-state index contributed by atoms with van der Waals surface area (Å²) in [6, 6.07) is 8.57. The summed E-state index contributed by atoms with van der Waals surface area (Å²) in [5.74, 6) is 0.0954. The highest BCUT2D eigenvalue weighted by Crippen LogP contribution is 2.28. The van der Waals surface area contributed by atoms with Crippen LogP contribution in [0.4, 0.5) is 0 Å². The average molecular weight is 401 g/mol. The Bertz CT molecular complexity index is 778. The first-order chi connectivity index (χ1) is 13.4. The lowest BCUT2D eigenvalue weighted by Crippen LogP contribution is -2.50. The Balaban J connectivity index is 1.61. The van der Waals surface area contributed by atoms with Crippen LogP contribution in [0.2, 0.25) is 0 Å². The third kappa shape index (κ3) is 5.63. The maximum absolute atomic E-state index is 12.8. The van der Waals surface area contributed by atoms with Gasteiger partial charge in [-0.15, -0.1) is 11.3 Å². The van der Waals surface area contributed by atoms with Gasteiger partial charge in [-0.1, -0.05) is 36.8 Å². The standard InChI is InChI=1S/C22H32N4OS/c1-5-19(15-26-12-10-25(4)11-13-26)24-21(27)14-20-22(23-17(3)28-20)18-8-6-16(2)7-9-18/h6-9,19H,5,10-15H2,1-4H3,(H,24,27)/t19-/m1/s1. The number of aryl methyl sites for hydroxylation is 2. The number of carbonyl (C=O) groups excluding carboxylic acids is 1. The normalized spacial score (nSPS) is 16.9. The maximum atomic E-state index is 12.8. The Morgan fingerprint density at radius 3 is 2.50 bits per heavy atom. The van der Waals surface area contributed by atoms with Crippen molar-refractivity contribution in [3.8, 4) is 11.3 Å². The predicted octanol–water partition coefficient (Wildman–Crippen LogP) is 3.11. The summed E-state index contributed by atoms with van der Waals surface area (Å²) in [5, 5.41) is 4.26. The number of nitrogens with zero attached hydrogens (tertiary/aromatic N) is 3. The van der Waals surface area contributed by atoms with Crippen molar-refractivity contribution in [1.82, 2.24) is 20.1 Å². The van der Waals surface area contributed by atoms with Crippen molar-refractivity contribution in [1.29, 1.82) is 0 Å². The molecule has 6 heteroatoms. The number of aromatic nitrogens is 1. The van der Waals surface area contributed by atoms with Gasteiger partial charge >= 0.3 is 0 Å². The molecule has 0 unspecified atom stereocenters. The van der Waals surface area contributed by atoms with Gasteiger partial charge in [0.2, 0.25) is 5.91 Å². The molecule has 1 aromatic carbocycles. The van der Waals surface area contributed by atoms with Crippen LogP contribution in [0.15, 0.2) is 24.3 Å². The molecule has 2 heterocycles. The third-order valence-electron chi connectivity index (χ3n) is 5.38. The van der Waals surface area contributed by atoms with Crippen LogP contribution in [0.5, 0.6) is 0 Å². The molecule has 1 aliphatic heterocycles. The number of likely N-dealkylation sites (N-methyl/N-ethyl adjacent to an activating group) is 1. The molecule has 0 saturated carbocycles. The highest BCUT2D eigenvalue weighted by Gasteiger charge is 2.20. The summed E-state index contributed by atoms with van der Waals surface area (Å²) in [6.07, 6.45) is 1.35. The quantitative estimate of drug-likeness (QED) is 0.776. The van der Waals surface area contributed by atoms with E-state index >= 15 is 0 Å². The second-order valence-corrected chi connectivity index (χ2v) is 9.11. The maximum Gasteiger partial charge on any atom is 0.225 e. The lowest BCUT2D eigenvalue weighted by molar-refractivity contribution is -0.121. The Kier molecular flexibility index (Phi) is 7.21. The van der Waals surface area contributed by atoms with E-state index in [1.165, 1.54) is 5.56 Å². The van der Waals surface area contributed by atoms with Crippen LogP contribution >= 0.6 is 11.3 Å². The molecule has 1 fully saturated rings. The molecule has 5 nitrogen and oxygen atoms in total. The van der Waals surface area contributed by atoms with Crippen molar-refractivity contribution in [2.45, 2.75) is 39.7 Å². The lowest BCUT2D eigenvalue weighted by atomic mass is 10.1. The zero-order valence-corrected chi connectivity index (χ0v) is 18.3. The highest BCUT2D eigenvalue weighted by molar-refractivity contribution is 7.12. The smallest absolute Gasteiger partial charge is 0.225 e. The van der Waals surface area contributed by atoms with Crippen molar-refractivity contribution < 1.29 is 4.79 Å². The molecule has 2 aromatic rings. The topological polar surface area (TPSA) is 48.5 Å². The molecule has 0 spiro atoms. The molecule has 1 atom stereocenters. The summed E-state index contributed by atoms with van der Waals surface area (Å²) in [5.41, 5.74) is 3.26. The molecule has 1 amide bonds. The molecule has 1 aromatic heterocycles. The van der Waals surface area contributed by atoms with E-state index in [2.05, 4.69) is 65.3 Å². The van der Waals surface area contributed by atoms with Gasteiger partial charge in [-0.05, 0) is 27.3 Å². The first kappa shape index (κ1) is 21.0. The minimum Gasteiger partial charge on any atom is -0.352 e. The van der Waals surface area contributed by atoms with Crippen LogP contribution in [0.3, 0.4) is 0 Å². The van der Waals surface area contributed by atoms with Gasteiger partial charge < -0.3 is 10.2 Å². The zero-order valence-electron chi connectivity index (χ0n) is 17.5. The van der Waals surface area contributed by atoms with Crippen molar-refractivity contribution in [2.24, 2.45) is 0 Å². The van der Waals surface area contributed by atoms with E-state index in [-0.39, 0.29) is 11.9 Å². The largest absolute Gasteiger partial charge is 0.352 e. The summed E-state index contributed by atoms with van der Waals surface area (Å²) < 4.78 is 0. The van der Waals surface area contributed by atoms with Gasteiger partial charge in [0.1, 0.15) is 0 Å². The van der Waals surface area contributed by atoms with E-state index in [0.29, 0.717) is 6.42 Å². The number of benzene rings is 1. The Morgan fingerprint density at radius 2 is 1.86 bits per heavy atom. The Labute approximate surface area is 172 Å². The first-order valence-corrected chi connectivity index (χ1v) is 11.0. The van der Waals surface area contributed by atoms with Gasteiger partial charge in [-0.2, -0.15) is 0 Å². The summed E-state index contributed by atoms with van der Waals surface area (Å²) in [4.78, 5) is 23.3. The molecule has 1 N–H and O–H groups in total. The number of piperazine rings is 1. The van der Waals surface area contributed by atoms with Gasteiger partial charge in [0.05, 0.1) is 17.1 Å². The van der Waals surface area contributed by atoms with E-state index in [0.717, 1.165) is 60.3 Å². The number of carbonyl (C=O) groups is 1. The fourth-order valence-electron chi connectivity index (χ4n) is 3.57. The van der Waals surface area contributed by atoms with Crippen molar-refractivity contribution in [2.75, 3.05) is 39.8 Å². The van der Waals surface area contributed by atoms with E-state index in [9.17, 15) is 4.79 Å². The predicted molar refractivity (Wildman–Crippen MR) is 117 cm³/mol. The lowest BCUT2D eigenvalue weighted by Gasteiger charge is -2.34. The number of hydrogen-bond donors (Lipinski definition) is 1. The van der Waals surface area contributed by atoms with Crippen LogP contribution in [-0.2, 0) is 11.2 Å². The minimum atomic E-state index is 0.0954. The van der Waals surface area contributed by atoms with E-state index in [4.69, 9.17) is 0 Å². The monoisotopic (exact) mass is 400 g/mol. The highest BCUT2D eigenvalue weighted by atomic mass is 32.1. The second-order valence-electron chi connectivity index (χ2n) is 7.82. The molecular formula is C22H32N4OS. The number of amides is 1. The second kappa shape index (κ2) is 9.63. The van der Waals surface area contributed by atoms with Crippen LogP contribution in [0, 0.1) is 13.8 Å². The fraction of sp³-hybridized carbons (Fsp3) is 0.545. The number of thiazole rings is 1. The zero-order chi connectivity index (χ0) is 20.1. The van der Waals surface area contributed by atoms with Gasteiger partial charge in [0.25, 0.3) is 0 Å². The van der Waals surface area contributed by atoms with E-state index in [1.54, 1.807) is 11.3 Å². The molecule has 0 bridgehead atoms. The van der Waals surface area contributed by atoms with Crippen molar-refractivity contribution in [3.63, 3.8) is 0 Å². The molecule has 28 heavy (non-hydrogen) atoms. The van der Waals surface area contributed by atoms with Gasteiger partial charge in [0, 0.05) is 49.2 Å². The molecule has 1 saturated heterocycles. The summed E-state index contributed by atoms with van der Waals surface area (Å²) in [6.45, 7) is 11.5. The minimum absolute atomic E-state index is 0.0954. The fourth-order valence-corrected chi connectivity index (χ4v) is 4.53. The van der Waals surface area contributed by atoms with Crippen LogP contribution in [0.1, 0.15) is 28.8 Å². The average Bonchev–Trinajstić information content (AvgIpc) is 3.03. The summed E-state index contributed by atoms with van der Waals surface area (Å²) >= 11 is 1.62. The van der Waals surface area contributed by atoms with Crippen LogP contribution < -0.4 is 5.32 Å². The van der Waals surface area contributed by atoms with Gasteiger partial charge in [-0.3, -0.25) is 9.69 Å². The van der Waals surface area contributed by atoms with E-state index in [1.807, 2.05) is 6.92 Å². The van der Waals surface area contributed by atoms with Crippen molar-refractivity contribution in [3.05, 3.63) is 39.7 Å². The molecule has 0 radical (unpaired) electrons. The SMILES string of the molecule is CC[C@H](CN1CCN(C)CC1)NC(=O)Cc1sc(C)nc1-c1ccc(C)cc1. The number of rotatable bonds is 7. The number of nitrogens with one attached hydrogen (secondary N) is 1. The molecule has 0 aliphatic carbocycles. The van der Waals surface area contributed by atoms with Crippen LogP contribution in [-0.4, -0.2) is 66.5 Å². The Hall–Kier alpha value is -1.76. The molecule has 1 aliphatic rings. The number of hydrogen-bond acceptors (Lipinski definition) is 5. The van der Waals surface area contributed by atoms with E-state index < -0.39 is 0 Å². The third-order valence-corrected chi connectivity index (χ3v) is 6.35. The Morgan fingerprint density at radius 1 is 1.18 bits per heavy atom. The molecule has 3 rings (SSSR count). The summed E-state index contributed by atoms with van der Waals surface area (Å²) in [7, 11) is 2.17. The van der Waals surface area contributed by atoms with Crippen LogP contribution in [0.25, 0.3) is 11.3 Å². The van der Waals surface area contributed by atoms with Gasteiger partial charge in [0.15, 0.2) is 0 Å². The van der Waals surface area contributed by atoms with Gasteiger partial charge in [-0.25, -0.2) is 4.98 Å².